The normalized spacial score (nSPS) is 12.2. The van der Waals surface area contributed by atoms with Crippen LogP contribution in [0.15, 0.2) is 84.8 Å². The second-order valence-corrected chi connectivity index (χ2v) is 9.70. The molecule has 1 heterocycles. The van der Waals surface area contributed by atoms with Crippen molar-refractivity contribution in [2.45, 2.75) is 27.7 Å². The summed E-state index contributed by atoms with van der Waals surface area (Å²) in [4.78, 5) is 15.2. The van der Waals surface area contributed by atoms with Crippen molar-refractivity contribution in [3.8, 4) is 0 Å². The van der Waals surface area contributed by atoms with E-state index in [1.54, 1.807) is 0 Å². The average molecular weight is 637 g/mol. The number of benzene rings is 5. The van der Waals surface area contributed by atoms with E-state index in [4.69, 9.17) is 4.98 Å². The van der Waals surface area contributed by atoms with Crippen LogP contribution in [0.5, 0.6) is 0 Å². The summed E-state index contributed by atoms with van der Waals surface area (Å²) in [5, 5.41) is 20.6. The minimum absolute atomic E-state index is 0. The average Bonchev–Trinajstić information content (AvgIpc) is 2.83. The van der Waals surface area contributed by atoms with Crippen molar-refractivity contribution in [3.63, 3.8) is 0 Å². The molecule has 4 heteroatoms. The molecule has 1 N–H and O–H groups in total. The molecular weight excluding hydrogens is 611 g/mol. The monoisotopic (exact) mass is 637 g/mol. The second kappa shape index (κ2) is 9.37. The van der Waals surface area contributed by atoms with Gasteiger partial charge in [0.2, 0.25) is 0 Å². The Morgan fingerprint density at radius 1 is 0.829 bits per heavy atom. The molecule has 6 rings (SSSR count). The number of aliphatic hydroxyl groups is 1. The van der Waals surface area contributed by atoms with Gasteiger partial charge < -0.3 is 10.1 Å². The fraction of sp³-hybridized carbons (Fsp3) is 0.161. The van der Waals surface area contributed by atoms with E-state index in [0.29, 0.717) is 0 Å². The van der Waals surface area contributed by atoms with Crippen LogP contribution in [0.4, 0.5) is 0 Å². The van der Waals surface area contributed by atoms with Gasteiger partial charge in [0.15, 0.2) is 5.78 Å². The molecule has 0 saturated carbocycles. The standard InChI is InChI=1S/C23H12N.C8H14O2.Ir/c1-2-7-15-14(6-1)17-10-5-11-18-16-8-3-4-9-20(16)23-22(21(17)18)19(15)12-13-24-23;1-6(9)5-7(10)8(2,3)4;/h1-8,10-13H;5,10H,1-4H3;/q-1;;/b;7-5-;. The number of allylic oxidation sites excluding steroid dienone is 2. The summed E-state index contributed by atoms with van der Waals surface area (Å²) in [6, 6.07) is 27.1. The van der Waals surface area contributed by atoms with Crippen LogP contribution < -0.4 is 0 Å². The van der Waals surface area contributed by atoms with E-state index in [1.165, 1.54) is 56.1 Å². The Balaban J connectivity index is 0.000000228. The molecule has 0 unspecified atom stereocenters. The number of fused-ring (bicyclic) bond motifs is 6. The number of pyridine rings is 1. The Kier molecular flexibility index (Phi) is 6.64. The fourth-order valence-corrected chi connectivity index (χ4v) is 4.62. The second-order valence-electron chi connectivity index (χ2n) is 9.70. The number of hydrogen-bond acceptors (Lipinski definition) is 3. The number of aromatic nitrogens is 1. The molecule has 0 aliphatic rings. The third-order valence-electron chi connectivity index (χ3n) is 6.26. The largest absolute Gasteiger partial charge is 0.512 e. The van der Waals surface area contributed by atoms with Gasteiger partial charge in [-0.05, 0) is 50.8 Å². The van der Waals surface area contributed by atoms with Crippen LogP contribution >= 0.6 is 0 Å². The van der Waals surface area contributed by atoms with Crippen LogP contribution in [0.1, 0.15) is 27.7 Å². The zero-order valence-electron chi connectivity index (χ0n) is 20.1. The van der Waals surface area contributed by atoms with E-state index < -0.39 is 0 Å². The Morgan fingerprint density at radius 3 is 2.00 bits per heavy atom. The van der Waals surface area contributed by atoms with Gasteiger partial charge in [0.25, 0.3) is 0 Å². The van der Waals surface area contributed by atoms with Gasteiger partial charge in [-0.15, -0.1) is 29.7 Å². The van der Waals surface area contributed by atoms with Crippen molar-refractivity contribution in [2.75, 3.05) is 0 Å². The molecule has 0 atom stereocenters. The molecule has 177 valence electrons. The first-order valence-electron chi connectivity index (χ1n) is 11.4. The number of carbonyl (C=O) groups excluding carboxylic acids is 1. The Hall–Kier alpha value is -3.33. The van der Waals surface area contributed by atoms with Gasteiger partial charge >= 0.3 is 0 Å². The molecule has 1 radical (unpaired) electrons. The molecule has 3 nitrogen and oxygen atoms in total. The summed E-state index contributed by atoms with van der Waals surface area (Å²) in [6.45, 7) is 6.97. The van der Waals surface area contributed by atoms with Crippen molar-refractivity contribution in [3.05, 3.63) is 90.8 Å². The van der Waals surface area contributed by atoms with Crippen molar-refractivity contribution in [1.29, 1.82) is 0 Å². The third kappa shape index (κ3) is 4.29. The van der Waals surface area contributed by atoms with E-state index >= 15 is 0 Å². The van der Waals surface area contributed by atoms with Crippen LogP contribution in [0, 0.1) is 11.5 Å². The SMILES string of the molecule is CC(=O)/C=C(\O)C(C)(C)C.[Ir].[c-]1cccc2c1c1nccc3c4ccccc4c4cccc2c4c31. The summed E-state index contributed by atoms with van der Waals surface area (Å²) in [5.41, 5.74) is 0.739. The molecule has 35 heavy (non-hydrogen) atoms. The van der Waals surface area contributed by atoms with Gasteiger partial charge in [-0.1, -0.05) is 74.0 Å². The Morgan fingerprint density at radius 2 is 1.40 bits per heavy atom. The van der Waals surface area contributed by atoms with E-state index in [9.17, 15) is 9.90 Å². The van der Waals surface area contributed by atoms with Crippen LogP contribution in [0.3, 0.4) is 0 Å². The van der Waals surface area contributed by atoms with E-state index in [0.717, 1.165) is 10.9 Å². The zero-order chi connectivity index (χ0) is 24.0. The first-order chi connectivity index (χ1) is 16.3. The molecule has 0 aliphatic heterocycles. The number of rotatable bonds is 1. The molecule has 6 aromatic rings. The summed E-state index contributed by atoms with van der Waals surface area (Å²) in [7, 11) is 0. The van der Waals surface area contributed by atoms with E-state index in [1.807, 2.05) is 33.0 Å². The van der Waals surface area contributed by atoms with Crippen LogP contribution in [-0.4, -0.2) is 15.9 Å². The molecule has 0 saturated heterocycles. The predicted octanol–water partition coefficient (Wildman–Crippen LogP) is 8.15. The van der Waals surface area contributed by atoms with Crippen molar-refractivity contribution < 1.29 is 30.0 Å². The van der Waals surface area contributed by atoms with Crippen LogP contribution in [-0.2, 0) is 24.9 Å². The molecule has 0 amide bonds. The minimum atomic E-state index is -0.314. The van der Waals surface area contributed by atoms with Crippen molar-refractivity contribution in [1.82, 2.24) is 4.98 Å². The van der Waals surface area contributed by atoms with Gasteiger partial charge in [-0.3, -0.25) is 4.79 Å². The number of ketones is 1. The van der Waals surface area contributed by atoms with Crippen molar-refractivity contribution in [2.24, 2.45) is 5.41 Å². The smallest absolute Gasteiger partial charge is 0.155 e. The van der Waals surface area contributed by atoms with Crippen LogP contribution in [0.25, 0.3) is 54.0 Å². The maximum atomic E-state index is 10.5. The summed E-state index contributed by atoms with van der Waals surface area (Å²) in [5.74, 6) is 0.0208. The quantitative estimate of drug-likeness (QED) is 0.0652. The van der Waals surface area contributed by atoms with E-state index in [-0.39, 0.29) is 37.1 Å². The Labute approximate surface area is 218 Å². The number of hydrogen-bond donors (Lipinski definition) is 1. The van der Waals surface area contributed by atoms with E-state index in [2.05, 4.69) is 66.7 Å². The summed E-state index contributed by atoms with van der Waals surface area (Å²) >= 11 is 0. The Bertz CT molecular complexity index is 1520. The van der Waals surface area contributed by atoms with Gasteiger partial charge in [-0.2, -0.15) is 0 Å². The third-order valence-corrected chi connectivity index (χ3v) is 6.26. The first-order valence-corrected chi connectivity index (χ1v) is 11.4. The summed E-state index contributed by atoms with van der Waals surface area (Å²) < 4.78 is 0. The molecular formula is C31H26IrNO2-. The fourth-order valence-electron chi connectivity index (χ4n) is 4.62. The maximum absolute atomic E-state index is 10.5. The molecule has 0 spiro atoms. The number of nitrogens with zero attached hydrogens (tertiary/aromatic N) is 1. The van der Waals surface area contributed by atoms with Gasteiger partial charge in [0, 0.05) is 37.8 Å². The van der Waals surface area contributed by atoms with Gasteiger partial charge in [0.05, 0.1) is 0 Å². The first kappa shape index (κ1) is 24.8. The van der Waals surface area contributed by atoms with Gasteiger partial charge in [0.1, 0.15) is 5.76 Å². The number of carbonyl (C=O) groups is 1. The van der Waals surface area contributed by atoms with Crippen molar-refractivity contribution >= 4 is 59.8 Å². The maximum Gasteiger partial charge on any atom is 0.155 e. The molecule has 0 fully saturated rings. The zero-order valence-corrected chi connectivity index (χ0v) is 22.5. The topological polar surface area (TPSA) is 50.2 Å². The van der Waals surface area contributed by atoms with Crippen LogP contribution in [0.2, 0.25) is 0 Å². The van der Waals surface area contributed by atoms with Gasteiger partial charge in [-0.25, -0.2) is 0 Å². The molecule has 1 aromatic heterocycles. The molecule has 5 aromatic carbocycles. The molecule has 0 aliphatic carbocycles. The predicted molar refractivity (Wildman–Crippen MR) is 143 cm³/mol. The molecule has 0 bridgehead atoms. The minimum Gasteiger partial charge on any atom is -0.512 e. The number of aliphatic hydroxyl groups excluding tert-OH is 1. The summed E-state index contributed by atoms with van der Waals surface area (Å²) in [6.07, 6.45) is 3.18.